The summed E-state index contributed by atoms with van der Waals surface area (Å²) >= 11 is 5.76. The molecular formula is C11H7ClF3N3. The molecule has 0 radical (unpaired) electrons. The molecule has 3 nitrogen and oxygen atoms in total. The number of alkyl halides is 3. The van der Waals surface area contributed by atoms with Gasteiger partial charge in [0, 0.05) is 5.56 Å². The van der Waals surface area contributed by atoms with Crippen molar-refractivity contribution in [2.24, 2.45) is 0 Å². The normalized spacial score (nSPS) is 11.6. The van der Waals surface area contributed by atoms with E-state index in [9.17, 15) is 13.2 Å². The first-order chi connectivity index (χ1) is 8.38. The fourth-order valence-corrected chi connectivity index (χ4v) is 1.43. The van der Waals surface area contributed by atoms with Crippen molar-refractivity contribution in [1.82, 2.24) is 15.2 Å². The van der Waals surface area contributed by atoms with E-state index in [2.05, 4.69) is 15.2 Å². The molecule has 0 N–H and O–H groups in total. The highest BCUT2D eigenvalue weighted by atomic mass is 35.5. The summed E-state index contributed by atoms with van der Waals surface area (Å²) in [7, 11) is 0. The molecule has 2 rings (SSSR count). The lowest BCUT2D eigenvalue weighted by molar-refractivity contribution is -0.137. The lowest BCUT2D eigenvalue weighted by Crippen LogP contribution is -2.05. The summed E-state index contributed by atoms with van der Waals surface area (Å²) in [6.07, 6.45) is -4.40. The van der Waals surface area contributed by atoms with E-state index < -0.39 is 11.7 Å². The zero-order chi connectivity index (χ0) is 13.3. The van der Waals surface area contributed by atoms with Gasteiger partial charge in [0.15, 0.2) is 11.0 Å². The second kappa shape index (κ2) is 4.53. The summed E-state index contributed by atoms with van der Waals surface area (Å²) in [5.41, 5.74) is -0.119. The molecule has 0 amide bonds. The molecule has 94 valence electrons. The van der Waals surface area contributed by atoms with Crippen LogP contribution < -0.4 is 0 Å². The van der Waals surface area contributed by atoms with Crippen LogP contribution in [0.15, 0.2) is 24.3 Å². The second-order valence-corrected chi connectivity index (χ2v) is 3.95. The predicted molar refractivity (Wildman–Crippen MR) is 60.0 cm³/mol. The maximum absolute atomic E-state index is 12.5. The van der Waals surface area contributed by atoms with Crippen LogP contribution in [0.1, 0.15) is 11.3 Å². The molecule has 0 saturated heterocycles. The summed E-state index contributed by atoms with van der Waals surface area (Å²) in [5.74, 6) is 0.0664. The van der Waals surface area contributed by atoms with Crippen LogP contribution in [0.25, 0.3) is 11.4 Å². The van der Waals surface area contributed by atoms with E-state index in [0.29, 0.717) is 5.69 Å². The van der Waals surface area contributed by atoms with Crippen LogP contribution in [0.5, 0.6) is 0 Å². The molecule has 0 bridgehead atoms. The Morgan fingerprint density at radius 2 is 1.89 bits per heavy atom. The number of aryl methyl sites for hydroxylation is 1. The molecule has 0 fully saturated rings. The molecule has 0 unspecified atom stereocenters. The summed E-state index contributed by atoms with van der Waals surface area (Å²) in [6, 6.07) is 4.70. The third-order valence-electron chi connectivity index (χ3n) is 2.25. The Morgan fingerprint density at radius 3 is 2.50 bits per heavy atom. The highest BCUT2D eigenvalue weighted by Gasteiger charge is 2.30. The fourth-order valence-electron chi connectivity index (χ4n) is 1.32. The van der Waals surface area contributed by atoms with Gasteiger partial charge in [-0.2, -0.15) is 18.3 Å². The van der Waals surface area contributed by atoms with E-state index in [1.54, 1.807) is 6.92 Å². The molecular weight excluding hydrogens is 267 g/mol. The second-order valence-electron chi connectivity index (χ2n) is 3.59. The number of hydrogen-bond donors (Lipinski definition) is 0. The Morgan fingerprint density at radius 1 is 1.17 bits per heavy atom. The van der Waals surface area contributed by atoms with Gasteiger partial charge in [0.2, 0.25) is 0 Å². The molecule has 0 saturated carbocycles. The van der Waals surface area contributed by atoms with Crippen LogP contribution in [0, 0.1) is 6.92 Å². The van der Waals surface area contributed by atoms with Crippen molar-refractivity contribution in [2.75, 3.05) is 0 Å². The van der Waals surface area contributed by atoms with Gasteiger partial charge in [-0.25, -0.2) is 4.98 Å². The van der Waals surface area contributed by atoms with Crippen LogP contribution in [0.2, 0.25) is 5.15 Å². The number of halogens is 4. The van der Waals surface area contributed by atoms with Gasteiger partial charge in [-0.05, 0) is 19.1 Å². The Kier molecular flexibility index (Phi) is 3.21. The number of aromatic nitrogens is 3. The number of nitrogens with zero attached hydrogens (tertiary/aromatic N) is 3. The Hall–Kier alpha value is -1.69. The highest BCUT2D eigenvalue weighted by molar-refractivity contribution is 6.30. The average molecular weight is 274 g/mol. The van der Waals surface area contributed by atoms with E-state index in [-0.39, 0.29) is 16.5 Å². The van der Waals surface area contributed by atoms with Gasteiger partial charge in [-0.1, -0.05) is 23.7 Å². The van der Waals surface area contributed by atoms with Crippen molar-refractivity contribution in [3.63, 3.8) is 0 Å². The highest BCUT2D eigenvalue weighted by Crippen LogP contribution is 2.31. The average Bonchev–Trinajstić information content (AvgIpc) is 2.32. The first-order valence-corrected chi connectivity index (χ1v) is 5.30. The van der Waals surface area contributed by atoms with E-state index in [1.807, 2.05) is 0 Å². The molecule has 0 aliphatic carbocycles. The Labute approximate surface area is 106 Å². The monoisotopic (exact) mass is 273 g/mol. The van der Waals surface area contributed by atoms with Crippen molar-refractivity contribution in [3.05, 3.63) is 40.7 Å². The van der Waals surface area contributed by atoms with Crippen molar-refractivity contribution >= 4 is 11.6 Å². The van der Waals surface area contributed by atoms with Gasteiger partial charge in [-0.3, -0.25) is 0 Å². The molecule has 7 heteroatoms. The first-order valence-electron chi connectivity index (χ1n) is 4.92. The molecule has 0 aliphatic heterocycles. The van der Waals surface area contributed by atoms with Crippen LogP contribution >= 0.6 is 11.6 Å². The SMILES string of the molecule is Cc1nnc(-c2cccc(C(F)(F)F)c2)nc1Cl. The zero-order valence-electron chi connectivity index (χ0n) is 9.16. The topological polar surface area (TPSA) is 38.7 Å². The maximum Gasteiger partial charge on any atom is 0.416 e. The van der Waals surface area contributed by atoms with E-state index in [1.165, 1.54) is 12.1 Å². The third-order valence-corrected chi connectivity index (χ3v) is 2.60. The summed E-state index contributed by atoms with van der Waals surface area (Å²) in [6.45, 7) is 1.61. The van der Waals surface area contributed by atoms with E-state index in [0.717, 1.165) is 12.1 Å². The maximum atomic E-state index is 12.5. The summed E-state index contributed by atoms with van der Waals surface area (Å²) < 4.78 is 37.6. The van der Waals surface area contributed by atoms with Crippen LogP contribution in [0.4, 0.5) is 13.2 Å². The molecule has 18 heavy (non-hydrogen) atoms. The molecule has 1 aromatic carbocycles. The van der Waals surface area contributed by atoms with Crippen LogP contribution in [-0.2, 0) is 6.18 Å². The first kappa shape index (κ1) is 12.8. The van der Waals surface area contributed by atoms with Gasteiger partial charge >= 0.3 is 6.18 Å². The van der Waals surface area contributed by atoms with Crippen molar-refractivity contribution in [3.8, 4) is 11.4 Å². The molecule has 0 atom stereocenters. The summed E-state index contributed by atoms with van der Waals surface area (Å²) in [5, 5.41) is 7.56. The molecule has 2 aromatic rings. The van der Waals surface area contributed by atoms with Crippen LogP contribution in [0.3, 0.4) is 0 Å². The van der Waals surface area contributed by atoms with Crippen molar-refractivity contribution in [2.45, 2.75) is 13.1 Å². The number of hydrogen-bond acceptors (Lipinski definition) is 3. The summed E-state index contributed by atoms with van der Waals surface area (Å²) in [4.78, 5) is 3.89. The van der Waals surface area contributed by atoms with Crippen LogP contribution in [-0.4, -0.2) is 15.2 Å². The van der Waals surface area contributed by atoms with Gasteiger partial charge in [-0.15, -0.1) is 5.10 Å². The molecule has 1 heterocycles. The lowest BCUT2D eigenvalue weighted by Gasteiger charge is -2.08. The largest absolute Gasteiger partial charge is 0.416 e. The Bertz CT molecular complexity index is 584. The van der Waals surface area contributed by atoms with Gasteiger partial charge < -0.3 is 0 Å². The molecule has 1 aromatic heterocycles. The van der Waals surface area contributed by atoms with E-state index in [4.69, 9.17) is 11.6 Å². The quantitative estimate of drug-likeness (QED) is 0.798. The van der Waals surface area contributed by atoms with E-state index >= 15 is 0 Å². The molecule has 0 spiro atoms. The minimum atomic E-state index is -4.40. The van der Waals surface area contributed by atoms with Crippen molar-refractivity contribution in [1.29, 1.82) is 0 Å². The minimum Gasteiger partial charge on any atom is -0.213 e. The minimum absolute atomic E-state index is 0.0664. The zero-order valence-corrected chi connectivity index (χ0v) is 9.92. The predicted octanol–water partition coefficient (Wildman–Crippen LogP) is 3.52. The van der Waals surface area contributed by atoms with Gasteiger partial charge in [0.05, 0.1) is 11.3 Å². The van der Waals surface area contributed by atoms with Gasteiger partial charge in [0.25, 0.3) is 0 Å². The van der Waals surface area contributed by atoms with Crippen molar-refractivity contribution < 1.29 is 13.2 Å². The smallest absolute Gasteiger partial charge is 0.213 e. The standard InChI is InChI=1S/C11H7ClF3N3/c1-6-9(12)16-10(18-17-6)7-3-2-4-8(5-7)11(13,14)15/h2-5H,1H3. The third kappa shape index (κ3) is 2.59. The molecule has 0 aliphatic rings. The number of benzene rings is 1. The number of rotatable bonds is 1. The lowest BCUT2D eigenvalue weighted by atomic mass is 10.1. The fraction of sp³-hybridized carbons (Fsp3) is 0.182. The van der Waals surface area contributed by atoms with Gasteiger partial charge in [0.1, 0.15) is 0 Å². The Balaban J connectivity index is 2.48.